The lowest BCUT2D eigenvalue weighted by Crippen LogP contribution is -2.29. The average molecular weight is 392 g/mol. The molecule has 1 amide bonds. The molecule has 0 fully saturated rings. The van der Waals surface area contributed by atoms with E-state index in [-0.39, 0.29) is 5.91 Å². The monoisotopic (exact) mass is 391 g/mol. The average Bonchev–Trinajstić information content (AvgIpc) is 3.30. The topological polar surface area (TPSA) is 33.5 Å². The zero-order chi connectivity index (χ0) is 17.5. The summed E-state index contributed by atoms with van der Waals surface area (Å²) in [7, 11) is 0. The zero-order valence-electron chi connectivity index (χ0n) is 13.6. The van der Waals surface area contributed by atoms with E-state index in [0.29, 0.717) is 19.5 Å². The molecular weight excluding hydrogens is 374 g/mol. The Hall–Kier alpha value is -1.69. The number of thioether (sulfide) groups is 1. The Kier molecular flexibility index (Phi) is 6.62. The first-order valence-electron chi connectivity index (χ1n) is 7.91. The normalized spacial score (nSPS) is 10.8. The van der Waals surface area contributed by atoms with E-state index < -0.39 is 0 Å². The molecule has 6 heteroatoms. The number of halogens is 1. The van der Waals surface area contributed by atoms with Gasteiger partial charge in [-0.2, -0.15) is 0 Å². The van der Waals surface area contributed by atoms with Crippen molar-refractivity contribution in [2.75, 3.05) is 5.75 Å². The van der Waals surface area contributed by atoms with E-state index in [2.05, 4.69) is 6.07 Å². The fourth-order valence-corrected chi connectivity index (χ4v) is 4.05. The first kappa shape index (κ1) is 18.1. The Labute approximate surface area is 160 Å². The number of thiophene rings is 1. The summed E-state index contributed by atoms with van der Waals surface area (Å²) in [5.41, 5.74) is 0. The number of furan rings is 1. The predicted molar refractivity (Wildman–Crippen MR) is 104 cm³/mol. The number of carbonyl (C=O) groups excluding carboxylic acids is 1. The molecule has 2 aromatic heterocycles. The number of benzene rings is 1. The summed E-state index contributed by atoms with van der Waals surface area (Å²) in [6, 6.07) is 15.5. The molecule has 0 N–H and O–H groups in total. The third kappa shape index (κ3) is 5.66. The Morgan fingerprint density at radius 3 is 2.64 bits per heavy atom. The Morgan fingerprint density at radius 1 is 1.12 bits per heavy atom. The minimum atomic E-state index is 0.131. The highest BCUT2D eigenvalue weighted by Crippen LogP contribution is 2.22. The fraction of sp³-hybridized carbons (Fsp3) is 0.211. The summed E-state index contributed by atoms with van der Waals surface area (Å²) in [6.45, 7) is 1.11. The van der Waals surface area contributed by atoms with Gasteiger partial charge in [-0.1, -0.05) is 17.7 Å². The molecular formula is C19H18ClNO2S2. The third-order valence-electron chi connectivity index (χ3n) is 3.60. The van der Waals surface area contributed by atoms with Crippen LogP contribution in [0.3, 0.4) is 0 Å². The van der Waals surface area contributed by atoms with E-state index in [4.69, 9.17) is 16.0 Å². The lowest BCUT2D eigenvalue weighted by Gasteiger charge is -2.21. The van der Waals surface area contributed by atoms with E-state index in [1.165, 1.54) is 4.88 Å². The maximum absolute atomic E-state index is 12.7. The molecule has 3 nitrogen and oxygen atoms in total. The predicted octanol–water partition coefficient (Wildman–Crippen LogP) is 5.71. The molecule has 3 aromatic rings. The highest BCUT2D eigenvalue weighted by molar-refractivity contribution is 7.99. The van der Waals surface area contributed by atoms with Crippen LogP contribution in [0.1, 0.15) is 17.1 Å². The van der Waals surface area contributed by atoms with E-state index in [1.54, 1.807) is 29.4 Å². The standard InChI is InChI=1S/C19H18ClNO2S2/c20-15-5-7-17(8-6-15)25-12-9-19(22)21(13-16-3-1-10-23-16)14-18-4-2-11-24-18/h1-8,10-11H,9,12-14H2. The van der Waals surface area contributed by atoms with Crippen molar-refractivity contribution < 1.29 is 9.21 Å². The zero-order valence-corrected chi connectivity index (χ0v) is 15.9. The van der Waals surface area contributed by atoms with Crippen LogP contribution in [-0.2, 0) is 17.9 Å². The molecule has 0 aliphatic carbocycles. The van der Waals surface area contributed by atoms with E-state index in [9.17, 15) is 4.79 Å². The van der Waals surface area contributed by atoms with Crippen molar-refractivity contribution in [3.63, 3.8) is 0 Å². The van der Waals surface area contributed by atoms with Gasteiger partial charge in [-0.15, -0.1) is 23.1 Å². The first-order chi connectivity index (χ1) is 12.2. The molecule has 1 aromatic carbocycles. The van der Waals surface area contributed by atoms with Crippen LogP contribution in [0.2, 0.25) is 5.02 Å². The van der Waals surface area contributed by atoms with Gasteiger partial charge in [0.2, 0.25) is 5.91 Å². The van der Waals surface area contributed by atoms with E-state index in [1.807, 2.05) is 52.7 Å². The van der Waals surface area contributed by atoms with Gasteiger partial charge in [-0.3, -0.25) is 4.79 Å². The van der Waals surface area contributed by atoms with Crippen molar-refractivity contribution >= 4 is 40.6 Å². The van der Waals surface area contributed by atoms with E-state index in [0.717, 1.165) is 21.4 Å². The lowest BCUT2D eigenvalue weighted by atomic mass is 10.3. The molecule has 0 spiro atoms. The van der Waals surface area contributed by atoms with Gasteiger partial charge in [0.15, 0.2) is 0 Å². The van der Waals surface area contributed by atoms with Crippen LogP contribution >= 0.6 is 34.7 Å². The van der Waals surface area contributed by atoms with Crippen molar-refractivity contribution in [1.82, 2.24) is 4.90 Å². The Balaban J connectivity index is 1.56. The summed E-state index contributed by atoms with van der Waals surface area (Å²) in [4.78, 5) is 16.8. The van der Waals surface area contributed by atoms with Crippen molar-refractivity contribution in [3.8, 4) is 0 Å². The van der Waals surface area contributed by atoms with Crippen LogP contribution in [0.5, 0.6) is 0 Å². The molecule has 0 saturated heterocycles. The summed E-state index contributed by atoms with van der Waals surface area (Å²) in [5.74, 6) is 1.67. The van der Waals surface area contributed by atoms with Crippen LogP contribution in [-0.4, -0.2) is 16.6 Å². The van der Waals surface area contributed by atoms with Gasteiger partial charge >= 0.3 is 0 Å². The van der Waals surface area contributed by atoms with Gasteiger partial charge in [0.1, 0.15) is 5.76 Å². The molecule has 130 valence electrons. The molecule has 0 saturated carbocycles. The largest absolute Gasteiger partial charge is 0.467 e. The van der Waals surface area contributed by atoms with Gasteiger partial charge in [0, 0.05) is 27.0 Å². The SMILES string of the molecule is O=C(CCSc1ccc(Cl)cc1)N(Cc1ccco1)Cc1cccs1. The maximum atomic E-state index is 12.7. The van der Waals surface area contributed by atoms with Crippen LogP contribution in [0, 0.1) is 0 Å². The van der Waals surface area contributed by atoms with Crippen molar-refractivity contribution in [1.29, 1.82) is 0 Å². The van der Waals surface area contributed by atoms with Crippen LogP contribution < -0.4 is 0 Å². The van der Waals surface area contributed by atoms with Gasteiger partial charge in [0.05, 0.1) is 19.4 Å². The summed E-state index contributed by atoms with van der Waals surface area (Å²) in [5, 5.41) is 2.75. The van der Waals surface area contributed by atoms with Crippen LogP contribution in [0.4, 0.5) is 0 Å². The second kappa shape index (κ2) is 9.13. The molecule has 0 aliphatic heterocycles. The number of hydrogen-bond donors (Lipinski definition) is 0. The van der Waals surface area contributed by atoms with Crippen LogP contribution in [0.25, 0.3) is 0 Å². The molecule has 25 heavy (non-hydrogen) atoms. The molecule has 0 atom stereocenters. The van der Waals surface area contributed by atoms with Gasteiger partial charge < -0.3 is 9.32 Å². The smallest absolute Gasteiger partial charge is 0.224 e. The number of nitrogens with zero attached hydrogens (tertiary/aromatic N) is 1. The van der Waals surface area contributed by atoms with Crippen LogP contribution in [0.15, 0.2) is 69.5 Å². The summed E-state index contributed by atoms with van der Waals surface area (Å²) in [6.07, 6.45) is 2.12. The Morgan fingerprint density at radius 2 is 1.96 bits per heavy atom. The molecule has 0 unspecified atom stereocenters. The fourth-order valence-electron chi connectivity index (χ4n) is 2.36. The van der Waals surface area contributed by atoms with Crippen molar-refractivity contribution in [3.05, 3.63) is 75.8 Å². The van der Waals surface area contributed by atoms with Gasteiger partial charge in [-0.25, -0.2) is 0 Å². The lowest BCUT2D eigenvalue weighted by molar-refractivity contribution is -0.132. The molecule has 3 rings (SSSR count). The number of amides is 1. The summed E-state index contributed by atoms with van der Waals surface area (Å²) >= 11 is 9.22. The minimum Gasteiger partial charge on any atom is -0.467 e. The van der Waals surface area contributed by atoms with E-state index >= 15 is 0 Å². The first-order valence-corrected chi connectivity index (χ1v) is 10.2. The second-order valence-electron chi connectivity index (χ2n) is 5.46. The quantitative estimate of drug-likeness (QED) is 0.461. The highest BCUT2D eigenvalue weighted by Gasteiger charge is 2.16. The summed E-state index contributed by atoms with van der Waals surface area (Å²) < 4.78 is 5.41. The molecule has 0 bridgehead atoms. The van der Waals surface area contributed by atoms with Crippen molar-refractivity contribution in [2.24, 2.45) is 0 Å². The molecule has 0 aliphatic rings. The highest BCUT2D eigenvalue weighted by atomic mass is 35.5. The number of rotatable bonds is 8. The minimum absolute atomic E-state index is 0.131. The maximum Gasteiger partial charge on any atom is 0.224 e. The van der Waals surface area contributed by atoms with Gasteiger partial charge in [0.25, 0.3) is 0 Å². The number of hydrogen-bond acceptors (Lipinski definition) is 4. The number of carbonyl (C=O) groups is 1. The van der Waals surface area contributed by atoms with Crippen molar-refractivity contribution in [2.45, 2.75) is 24.4 Å². The third-order valence-corrected chi connectivity index (χ3v) is 5.73. The molecule has 2 heterocycles. The molecule has 0 radical (unpaired) electrons. The Bertz CT molecular complexity index is 734. The van der Waals surface area contributed by atoms with Gasteiger partial charge in [-0.05, 0) is 47.8 Å². The second-order valence-corrected chi connectivity index (χ2v) is 8.10.